The van der Waals surface area contributed by atoms with Crippen LogP contribution in [0.15, 0.2) is 0 Å². The molecule has 0 bridgehead atoms. The Hall–Kier alpha value is 0.230. The molecule has 3 saturated heterocycles. The summed E-state index contributed by atoms with van der Waals surface area (Å²) in [6.07, 6.45) is 5.36. The van der Waals surface area contributed by atoms with Gasteiger partial charge in [0.1, 0.15) is 0 Å². The highest BCUT2D eigenvalue weighted by Gasteiger charge is 2.44. The van der Waals surface area contributed by atoms with Gasteiger partial charge in [-0.25, -0.2) is 0 Å². The van der Waals surface area contributed by atoms with Gasteiger partial charge in [0, 0.05) is 24.3 Å². The molecule has 110 valence electrons. The number of ether oxygens (including phenoxy) is 2. The Bertz CT molecular complexity index is 307. The SMILES string of the molecule is CNC(C1COC(C)C1)C1CCOC2(CCSC2)C1. The summed E-state index contributed by atoms with van der Waals surface area (Å²) >= 11 is 2.06. The van der Waals surface area contributed by atoms with Crippen LogP contribution in [0.25, 0.3) is 0 Å². The van der Waals surface area contributed by atoms with Crippen LogP contribution in [-0.4, -0.2) is 49.5 Å². The Labute approximate surface area is 121 Å². The largest absolute Gasteiger partial charge is 0.378 e. The second-order valence-corrected chi connectivity index (χ2v) is 7.65. The molecule has 19 heavy (non-hydrogen) atoms. The molecule has 5 unspecified atom stereocenters. The number of rotatable bonds is 3. The summed E-state index contributed by atoms with van der Waals surface area (Å²) in [6.45, 7) is 4.09. The fourth-order valence-corrected chi connectivity index (χ4v) is 5.57. The molecule has 4 heteroatoms. The molecule has 0 radical (unpaired) electrons. The van der Waals surface area contributed by atoms with Gasteiger partial charge in [-0.2, -0.15) is 11.8 Å². The van der Waals surface area contributed by atoms with Gasteiger partial charge in [-0.15, -0.1) is 0 Å². The van der Waals surface area contributed by atoms with Crippen LogP contribution < -0.4 is 5.32 Å². The van der Waals surface area contributed by atoms with Crippen molar-refractivity contribution in [3.63, 3.8) is 0 Å². The molecule has 3 heterocycles. The standard InChI is InChI=1S/C15H27NO2S/c1-11-7-13(9-17-11)14(16-2)12-3-5-18-15(8-12)4-6-19-10-15/h11-14,16H,3-10H2,1-2H3. The molecular weight excluding hydrogens is 258 g/mol. The zero-order chi connectivity index (χ0) is 13.3. The highest BCUT2D eigenvalue weighted by Crippen LogP contribution is 2.43. The molecule has 0 aromatic carbocycles. The Morgan fingerprint density at radius 3 is 2.89 bits per heavy atom. The summed E-state index contributed by atoms with van der Waals surface area (Å²) in [5.74, 6) is 3.93. The van der Waals surface area contributed by atoms with E-state index in [0.29, 0.717) is 18.1 Å². The monoisotopic (exact) mass is 285 g/mol. The molecule has 0 saturated carbocycles. The molecule has 3 fully saturated rings. The average molecular weight is 285 g/mol. The van der Waals surface area contributed by atoms with Gasteiger partial charge in [0.05, 0.1) is 18.3 Å². The van der Waals surface area contributed by atoms with Crippen molar-refractivity contribution >= 4 is 11.8 Å². The normalized spacial score (nSPS) is 44.8. The van der Waals surface area contributed by atoms with Crippen LogP contribution in [0.1, 0.15) is 32.6 Å². The van der Waals surface area contributed by atoms with Crippen LogP contribution in [0, 0.1) is 11.8 Å². The second-order valence-electron chi connectivity index (χ2n) is 6.54. The van der Waals surface area contributed by atoms with Crippen LogP contribution in [-0.2, 0) is 9.47 Å². The maximum absolute atomic E-state index is 6.16. The van der Waals surface area contributed by atoms with Crippen molar-refractivity contribution in [1.29, 1.82) is 0 Å². The summed E-state index contributed by atoms with van der Waals surface area (Å²) in [4.78, 5) is 0. The van der Waals surface area contributed by atoms with Crippen molar-refractivity contribution in [3.8, 4) is 0 Å². The summed E-state index contributed by atoms with van der Waals surface area (Å²) in [7, 11) is 2.12. The minimum Gasteiger partial charge on any atom is -0.378 e. The van der Waals surface area contributed by atoms with Gasteiger partial charge in [0.15, 0.2) is 0 Å². The van der Waals surface area contributed by atoms with Crippen LogP contribution in [0.2, 0.25) is 0 Å². The van der Waals surface area contributed by atoms with E-state index in [0.717, 1.165) is 19.1 Å². The lowest BCUT2D eigenvalue weighted by molar-refractivity contribution is -0.0880. The lowest BCUT2D eigenvalue weighted by atomic mass is 9.76. The lowest BCUT2D eigenvalue weighted by Crippen LogP contribution is -2.49. The fourth-order valence-electron chi connectivity index (χ4n) is 4.19. The second kappa shape index (κ2) is 5.92. The van der Waals surface area contributed by atoms with E-state index >= 15 is 0 Å². The molecule has 1 N–H and O–H groups in total. The minimum atomic E-state index is 0.202. The number of hydrogen-bond donors (Lipinski definition) is 1. The number of hydrogen-bond acceptors (Lipinski definition) is 4. The van der Waals surface area contributed by atoms with Gasteiger partial charge in [0.25, 0.3) is 0 Å². The van der Waals surface area contributed by atoms with Gasteiger partial charge in [-0.05, 0) is 51.3 Å². The topological polar surface area (TPSA) is 30.5 Å². The van der Waals surface area contributed by atoms with Crippen molar-refractivity contribution in [2.75, 3.05) is 31.8 Å². The van der Waals surface area contributed by atoms with Gasteiger partial charge in [0.2, 0.25) is 0 Å². The van der Waals surface area contributed by atoms with Crippen molar-refractivity contribution in [2.24, 2.45) is 11.8 Å². The Morgan fingerprint density at radius 1 is 1.37 bits per heavy atom. The minimum absolute atomic E-state index is 0.202. The molecule has 3 nitrogen and oxygen atoms in total. The predicted molar refractivity (Wildman–Crippen MR) is 79.7 cm³/mol. The molecule has 0 aromatic heterocycles. The fraction of sp³-hybridized carbons (Fsp3) is 1.00. The number of nitrogens with one attached hydrogen (secondary N) is 1. The third-order valence-electron chi connectivity index (χ3n) is 5.18. The first-order valence-corrected chi connectivity index (χ1v) is 8.88. The Balaban J connectivity index is 1.65. The average Bonchev–Trinajstić information content (AvgIpc) is 3.01. The quantitative estimate of drug-likeness (QED) is 0.862. The maximum Gasteiger partial charge on any atom is 0.0783 e. The Kier molecular flexibility index (Phi) is 4.42. The molecule has 1 spiro atoms. The van der Waals surface area contributed by atoms with Gasteiger partial charge in [-0.1, -0.05) is 0 Å². The van der Waals surface area contributed by atoms with E-state index in [1.807, 2.05) is 0 Å². The third kappa shape index (κ3) is 2.97. The molecule has 3 aliphatic rings. The molecule has 0 amide bonds. The molecule has 0 aliphatic carbocycles. The summed E-state index contributed by atoms with van der Waals surface area (Å²) in [6, 6.07) is 0.608. The first-order chi connectivity index (χ1) is 9.22. The van der Waals surface area contributed by atoms with Gasteiger partial charge in [-0.3, -0.25) is 0 Å². The van der Waals surface area contributed by atoms with Crippen molar-refractivity contribution < 1.29 is 9.47 Å². The first kappa shape index (κ1) is 14.2. The Morgan fingerprint density at radius 2 is 2.26 bits per heavy atom. The number of thioether (sulfide) groups is 1. The van der Waals surface area contributed by atoms with E-state index in [1.54, 1.807) is 0 Å². The van der Waals surface area contributed by atoms with Crippen LogP contribution in [0.3, 0.4) is 0 Å². The molecule has 5 atom stereocenters. The van der Waals surface area contributed by atoms with E-state index in [9.17, 15) is 0 Å². The van der Waals surface area contributed by atoms with Gasteiger partial charge < -0.3 is 14.8 Å². The van der Waals surface area contributed by atoms with Gasteiger partial charge >= 0.3 is 0 Å². The molecule has 3 rings (SSSR count). The molecule has 0 aromatic rings. The summed E-state index contributed by atoms with van der Waals surface area (Å²) < 4.78 is 11.9. The molecular formula is C15H27NO2S. The van der Waals surface area contributed by atoms with Crippen LogP contribution in [0.4, 0.5) is 0 Å². The zero-order valence-electron chi connectivity index (χ0n) is 12.2. The van der Waals surface area contributed by atoms with E-state index in [4.69, 9.17) is 9.47 Å². The van der Waals surface area contributed by atoms with E-state index in [1.165, 1.54) is 37.2 Å². The highest BCUT2D eigenvalue weighted by molar-refractivity contribution is 7.99. The molecule has 3 aliphatic heterocycles. The predicted octanol–water partition coefficient (Wildman–Crippen LogP) is 2.30. The van der Waals surface area contributed by atoms with Crippen molar-refractivity contribution in [1.82, 2.24) is 5.32 Å². The lowest BCUT2D eigenvalue weighted by Gasteiger charge is -2.42. The van der Waals surface area contributed by atoms with E-state index in [-0.39, 0.29) is 5.60 Å². The van der Waals surface area contributed by atoms with E-state index in [2.05, 4.69) is 31.1 Å². The van der Waals surface area contributed by atoms with E-state index < -0.39 is 0 Å². The highest BCUT2D eigenvalue weighted by atomic mass is 32.2. The van der Waals surface area contributed by atoms with Crippen LogP contribution in [0.5, 0.6) is 0 Å². The van der Waals surface area contributed by atoms with Crippen LogP contribution >= 0.6 is 11.8 Å². The first-order valence-electron chi connectivity index (χ1n) is 7.73. The van der Waals surface area contributed by atoms with Crippen molar-refractivity contribution in [3.05, 3.63) is 0 Å². The zero-order valence-corrected chi connectivity index (χ0v) is 13.0. The smallest absolute Gasteiger partial charge is 0.0783 e. The maximum atomic E-state index is 6.16. The van der Waals surface area contributed by atoms with Crippen molar-refractivity contribution in [2.45, 2.75) is 50.4 Å². The third-order valence-corrected chi connectivity index (χ3v) is 6.40. The summed E-state index contributed by atoms with van der Waals surface area (Å²) in [5, 5.41) is 3.60. The summed E-state index contributed by atoms with van der Waals surface area (Å²) in [5.41, 5.74) is 0.202.